The molecule has 0 saturated carbocycles. The maximum absolute atomic E-state index is 12.2. The summed E-state index contributed by atoms with van der Waals surface area (Å²) in [6, 6.07) is 16.8. The van der Waals surface area contributed by atoms with Crippen LogP contribution in [-0.4, -0.2) is 31.5 Å². The van der Waals surface area contributed by atoms with Gasteiger partial charge in [-0.25, -0.2) is 0 Å². The zero-order valence-electron chi connectivity index (χ0n) is 17.6. The molecule has 158 valence electrons. The van der Waals surface area contributed by atoms with Crippen LogP contribution < -0.4 is 24.4 Å². The first-order valence-corrected chi connectivity index (χ1v) is 9.86. The molecule has 1 heterocycles. The molecule has 0 aliphatic rings. The van der Waals surface area contributed by atoms with Gasteiger partial charge in [0.15, 0.2) is 5.75 Å². The normalized spacial score (nSPS) is 10.5. The molecular formula is C24H27NO5. The number of ether oxygens (including phenoxy) is 4. The van der Waals surface area contributed by atoms with Crippen molar-refractivity contribution < 1.29 is 18.9 Å². The van der Waals surface area contributed by atoms with Crippen LogP contribution >= 0.6 is 0 Å². The minimum atomic E-state index is -0.143. The van der Waals surface area contributed by atoms with E-state index >= 15 is 0 Å². The summed E-state index contributed by atoms with van der Waals surface area (Å²) in [5.74, 6) is 2.68. The van der Waals surface area contributed by atoms with E-state index in [1.807, 2.05) is 66.9 Å². The van der Waals surface area contributed by atoms with Gasteiger partial charge in [0.05, 0.1) is 19.3 Å². The van der Waals surface area contributed by atoms with Crippen LogP contribution in [0.4, 0.5) is 0 Å². The Hall–Kier alpha value is -3.41. The highest BCUT2D eigenvalue weighted by molar-refractivity contribution is 5.31. The van der Waals surface area contributed by atoms with Crippen molar-refractivity contribution in [1.82, 2.24) is 4.57 Å². The van der Waals surface area contributed by atoms with Crippen LogP contribution in [0.25, 0.3) is 0 Å². The molecule has 30 heavy (non-hydrogen) atoms. The number of nitrogens with zero attached hydrogens (tertiary/aromatic N) is 1. The Morgan fingerprint density at radius 3 is 2.23 bits per heavy atom. The second-order valence-electron chi connectivity index (χ2n) is 6.83. The number of benzene rings is 2. The Balaban J connectivity index is 1.52. The number of methoxy groups -OCH3 is 1. The quantitative estimate of drug-likeness (QED) is 0.474. The summed E-state index contributed by atoms with van der Waals surface area (Å²) in [4.78, 5) is 12.2. The Labute approximate surface area is 176 Å². The Kier molecular flexibility index (Phi) is 7.38. The van der Waals surface area contributed by atoms with E-state index in [0.29, 0.717) is 25.5 Å². The molecule has 0 saturated heterocycles. The Morgan fingerprint density at radius 2 is 1.50 bits per heavy atom. The van der Waals surface area contributed by atoms with Gasteiger partial charge in [0.25, 0.3) is 0 Å². The van der Waals surface area contributed by atoms with E-state index < -0.39 is 0 Å². The lowest BCUT2D eigenvalue weighted by Crippen LogP contribution is -2.19. The minimum Gasteiger partial charge on any atom is -0.497 e. The van der Waals surface area contributed by atoms with Gasteiger partial charge in [-0.1, -0.05) is 12.1 Å². The summed E-state index contributed by atoms with van der Waals surface area (Å²) < 4.78 is 24.3. The van der Waals surface area contributed by atoms with Gasteiger partial charge in [-0.15, -0.1) is 0 Å². The summed E-state index contributed by atoms with van der Waals surface area (Å²) in [5, 5.41) is 0. The van der Waals surface area contributed by atoms with Crippen LogP contribution in [0.1, 0.15) is 11.3 Å². The molecule has 0 amide bonds. The first-order valence-electron chi connectivity index (χ1n) is 9.86. The van der Waals surface area contributed by atoms with Gasteiger partial charge in [0.1, 0.15) is 37.1 Å². The van der Waals surface area contributed by atoms with Crippen LogP contribution in [0.15, 0.2) is 65.6 Å². The molecule has 1 aromatic heterocycles. The maximum atomic E-state index is 12.2. The zero-order valence-corrected chi connectivity index (χ0v) is 17.6. The van der Waals surface area contributed by atoms with E-state index in [0.717, 1.165) is 28.5 Å². The lowest BCUT2D eigenvalue weighted by Gasteiger charge is -2.15. The Bertz CT molecular complexity index is 1010. The average molecular weight is 409 g/mol. The SMILES string of the molecule is COc1ccc(OCCn2ccc(=O)c(OCCOc3cccc(C)c3)c2C)cc1. The molecule has 2 aromatic carbocycles. The van der Waals surface area contributed by atoms with Crippen LogP contribution in [0.5, 0.6) is 23.0 Å². The van der Waals surface area contributed by atoms with Crippen molar-refractivity contribution in [2.75, 3.05) is 26.9 Å². The Morgan fingerprint density at radius 1 is 0.800 bits per heavy atom. The van der Waals surface area contributed by atoms with Crippen molar-refractivity contribution in [1.29, 1.82) is 0 Å². The van der Waals surface area contributed by atoms with Crippen molar-refractivity contribution in [2.24, 2.45) is 0 Å². The third kappa shape index (κ3) is 5.80. The molecule has 0 spiro atoms. The number of hydrogen-bond donors (Lipinski definition) is 0. The van der Waals surface area contributed by atoms with Gasteiger partial charge >= 0.3 is 0 Å². The van der Waals surface area contributed by atoms with Crippen molar-refractivity contribution in [3.63, 3.8) is 0 Å². The summed E-state index contributed by atoms with van der Waals surface area (Å²) in [6.07, 6.45) is 1.76. The molecule has 0 radical (unpaired) electrons. The highest BCUT2D eigenvalue weighted by atomic mass is 16.5. The van der Waals surface area contributed by atoms with Crippen LogP contribution in [0.2, 0.25) is 0 Å². The molecule has 3 aromatic rings. The van der Waals surface area contributed by atoms with Gasteiger partial charge < -0.3 is 23.5 Å². The largest absolute Gasteiger partial charge is 0.497 e. The lowest BCUT2D eigenvalue weighted by molar-refractivity contribution is 0.213. The van der Waals surface area contributed by atoms with Gasteiger partial charge in [-0.05, 0) is 55.8 Å². The zero-order chi connectivity index (χ0) is 21.3. The van der Waals surface area contributed by atoms with Crippen molar-refractivity contribution in [3.05, 3.63) is 82.3 Å². The standard InChI is InChI=1S/C24H27NO5/c1-18-5-4-6-22(17-18)29-15-16-30-24-19(2)25(12-11-23(24)26)13-14-28-21-9-7-20(27-3)8-10-21/h4-12,17H,13-16H2,1-3H3. The number of rotatable bonds is 10. The van der Waals surface area contributed by atoms with E-state index in [1.54, 1.807) is 13.3 Å². The van der Waals surface area contributed by atoms with E-state index in [-0.39, 0.29) is 12.0 Å². The van der Waals surface area contributed by atoms with E-state index in [1.165, 1.54) is 6.07 Å². The first-order chi connectivity index (χ1) is 14.6. The maximum Gasteiger partial charge on any atom is 0.223 e. The highest BCUT2D eigenvalue weighted by Gasteiger charge is 2.09. The van der Waals surface area contributed by atoms with Gasteiger partial charge in [-0.2, -0.15) is 0 Å². The summed E-state index contributed by atoms with van der Waals surface area (Å²) in [5.41, 5.74) is 1.75. The van der Waals surface area contributed by atoms with Crippen molar-refractivity contribution >= 4 is 0 Å². The number of hydrogen-bond acceptors (Lipinski definition) is 5. The fourth-order valence-electron chi connectivity index (χ4n) is 3.01. The van der Waals surface area contributed by atoms with Crippen molar-refractivity contribution in [3.8, 4) is 23.0 Å². The fourth-order valence-corrected chi connectivity index (χ4v) is 3.01. The van der Waals surface area contributed by atoms with Gasteiger partial charge in [0, 0.05) is 12.3 Å². The molecule has 6 heteroatoms. The second-order valence-corrected chi connectivity index (χ2v) is 6.83. The monoisotopic (exact) mass is 409 g/mol. The molecular weight excluding hydrogens is 382 g/mol. The predicted molar refractivity (Wildman–Crippen MR) is 116 cm³/mol. The topological polar surface area (TPSA) is 58.9 Å². The number of pyridine rings is 1. The van der Waals surface area contributed by atoms with Crippen molar-refractivity contribution in [2.45, 2.75) is 20.4 Å². The minimum absolute atomic E-state index is 0.143. The smallest absolute Gasteiger partial charge is 0.223 e. The molecule has 0 bridgehead atoms. The fraction of sp³-hybridized carbons (Fsp3) is 0.292. The highest BCUT2D eigenvalue weighted by Crippen LogP contribution is 2.18. The average Bonchev–Trinajstić information content (AvgIpc) is 2.75. The molecule has 0 unspecified atom stereocenters. The number of aryl methyl sites for hydroxylation is 1. The van der Waals surface area contributed by atoms with Crippen LogP contribution in [0.3, 0.4) is 0 Å². The molecule has 0 aliphatic carbocycles. The summed E-state index contributed by atoms with van der Waals surface area (Å²) in [6.45, 7) is 5.58. The van der Waals surface area contributed by atoms with E-state index in [9.17, 15) is 4.79 Å². The van der Waals surface area contributed by atoms with Gasteiger partial charge in [0.2, 0.25) is 5.43 Å². The number of aromatic nitrogens is 1. The molecule has 0 atom stereocenters. The molecule has 3 rings (SSSR count). The van der Waals surface area contributed by atoms with Gasteiger partial charge in [-0.3, -0.25) is 4.79 Å². The second kappa shape index (κ2) is 10.4. The third-order valence-corrected chi connectivity index (χ3v) is 4.64. The summed E-state index contributed by atoms with van der Waals surface area (Å²) >= 11 is 0. The predicted octanol–water partition coefficient (Wildman–Crippen LogP) is 4.01. The summed E-state index contributed by atoms with van der Waals surface area (Å²) in [7, 11) is 1.63. The molecule has 0 N–H and O–H groups in total. The molecule has 0 aliphatic heterocycles. The lowest BCUT2D eigenvalue weighted by atomic mass is 10.2. The van der Waals surface area contributed by atoms with Crippen LogP contribution in [-0.2, 0) is 6.54 Å². The van der Waals surface area contributed by atoms with E-state index in [2.05, 4.69) is 0 Å². The van der Waals surface area contributed by atoms with Crippen LogP contribution in [0, 0.1) is 13.8 Å². The molecule has 0 fully saturated rings. The molecule has 6 nitrogen and oxygen atoms in total. The third-order valence-electron chi connectivity index (χ3n) is 4.64. The first kappa shape index (κ1) is 21.3. The van der Waals surface area contributed by atoms with E-state index in [4.69, 9.17) is 18.9 Å².